The lowest BCUT2D eigenvalue weighted by Gasteiger charge is -2.50. The normalized spacial score (nSPS) is 28.7. The van der Waals surface area contributed by atoms with Crippen molar-refractivity contribution in [1.29, 1.82) is 0 Å². The van der Waals surface area contributed by atoms with Crippen LogP contribution in [0.25, 0.3) is 0 Å². The van der Waals surface area contributed by atoms with E-state index in [9.17, 15) is 5.11 Å². The predicted molar refractivity (Wildman–Crippen MR) is 99.2 cm³/mol. The number of ether oxygens (including phenoxy) is 1. The summed E-state index contributed by atoms with van der Waals surface area (Å²) in [6, 6.07) is 5.98. The van der Waals surface area contributed by atoms with Crippen LogP contribution in [0.4, 0.5) is 0 Å². The van der Waals surface area contributed by atoms with E-state index in [1.54, 1.807) is 7.11 Å². The maximum absolute atomic E-state index is 11.0. The van der Waals surface area contributed by atoms with Crippen LogP contribution in [0, 0.1) is 5.92 Å². The number of fused-ring (bicyclic) bond motifs is 3. The quantitative estimate of drug-likeness (QED) is 0.469. The van der Waals surface area contributed by atoms with E-state index in [0.29, 0.717) is 25.5 Å². The molecule has 0 aliphatic carbocycles. The number of hydrogen-bond donors (Lipinski definition) is 1. The van der Waals surface area contributed by atoms with E-state index in [-0.39, 0.29) is 0 Å². The third kappa shape index (κ3) is 3.88. The van der Waals surface area contributed by atoms with Gasteiger partial charge in [0.15, 0.2) is 0 Å². The molecule has 0 amide bonds. The molecule has 3 heterocycles. The highest BCUT2D eigenvalue weighted by Gasteiger charge is 2.46. The minimum atomic E-state index is -0.742. The van der Waals surface area contributed by atoms with Gasteiger partial charge in [-0.1, -0.05) is 11.2 Å². The van der Waals surface area contributed by atoms with Gasteiger partial charge in [0, 0.05) is 6.54 Å². The third-order valence-electron chi connectivity index (χ3n) is 5.39. The first-order valence-electron chi connectivity index (χ1n) is 8.95. The van der Waals surface area contributed by atoms with Gasteiger partial charge in [0.05, 0.1) is 5.71 Å². The summed E-state index contributed by atoms with van der Waals surface area (Å²) in [4.78, 5) is 7.19. The first-order chi connectivity index (χ1) is 12.1. The lowest BCUT2D eigenvalue weighted by Crippen LogP contribution is -2.61. The van der Waals surface area contributed by atoms with Crippen molar-refractivity contribution >= 4 is 5.71 Å². The molecule has 3 fully saturated rings. The Kier molecular flexibility index (Phi) is 5.45. The Balaban J connectivity index is 1.75. The van der Waals surface area contributed by atoms with Crippen molar-refractivity contribution in [2.75, 3.05) is 33.4 Å². The molecule has 3 saturated heterocycles. The fraction of sp³-hybridized carbons (Fsp3) is 0.550. The molecule has 0 radical (unpaired) electrons. The Morgan fingerprint density at radius 3 is 2.80 bits per heavy atom. The summed E-state index contributed by atoms with van der Waals surface area (Å²) >= 11 is 0. The fourth-order valence-corrected chi connectivity index (χ4v) is 3.96. The minimum Gasteiger partial charge on any atom is -0.490 e. The number of aliphatic hydroxyl groups is 1. The summed E-state index contributed by atoms with van der Waals surface area (Å²) in [5.41, 5.74) is 2.11. The lowest BCUT2D eigenvalue weighted by molar-refractivity contribution is -0.131. The standard InChI is InChI=1S/C20H28N2O3/c1-4-5-17-12-16(15(2)21-24-3)6-7-19(17)25-14-20(23)13-22-10-8-18(20)9-11-22/h4,6-7,12,18,23H,1,5,8-11,13-14H2,2-3H3/b21-15+. The van der Waals surface area contributed by atoms with Gasteiger partial charge in [0.1, 0.15) is 25.1 Å². The van der Waals surface area contributed by atoms with Gasteiger partial charge < -0.3 is 19.6 Å². The molecule has 0 saturated carbocycles. The molecule has 4 rings (SSSR count). The highest BCUT2D eigenvalue weighted by Crippen LogP contribution is 2.36. The molecule has 3 aliphatic heterocycles. The highest BCUT2D eigenvalue weighted by atomic mass is 16.6. The molecule has 136 valence electrons. The summed E-state index contributed by atoms with van der Waals surface area (Å²) in [6.07, 6.45) is 4.69. The Bertz CT molecular complexity index is 650. The monoisotopic (exact) mass is 344 g/mol. The van der Waals surface area contributed by atoms with Gasteiger partial charge in [-0.05, 0) is 74.5 Å². The summed E-state index contributed by atoms with van der Waals surface area (Å²) in [5, 5.41) is 15.0. The number of hydrogen-bond acceptors (Lipinski definition) is 5. The first kappa shape index (κ1) is 18.0. The van der Waals surface area contributed by atoms with Crippen LogP contribution in [0.2, 0.25) is 0 Å². The van der Waals surface area contributed by atoms with Gasteiger partial charge in [0.2, 0.25) is 0 Å². The summed E-state index contributed by atoms with van der Waals surface area (Å²) < 4.78 is 6.08. The second-order valence-corrected chi connectivity index (χ2v) is 7.12. The number of nitrogens with zero attached hydrogens (tertiary/aromatic N) is 2. The number of allylic oxidation sites excluding steroid dienone is 1. The molecular weight excluding hydrogens is 316 g/mol. The van der Waals surface area contributed by atoms with Gasteiger partial charge in [-0.15, -0.1) is 6.58 Å². The van der Waals surface area contributed by atoms with E-state index in [4.69, 9.17) is 9.57 Å². The first-order valence-corrected chi connectivity index (χ1v) is 8.95. The molecule has 1 N–H and O–H groups in total. The second kappa shape index (κ2) is 7.58. The fourth-order valence-electron chi connectivity index (χ4n) is 3.96. The zero-order valence-corrected chi connectivity index (χ0v) is 15.2. The van der Waals surface area contributed by atoms with Crippen LogP contribution in [-0.4, -0.2) is 54.7 Å². The third-order valence-corrected chi connectivity index (χ3v) is 5.39. The van der Waals surface area contributed by atoms with Crippen LogP contribution in [0.1, 0.15) is 30.9 Å². The van der Waals surface area contributed by atoms with Crippen molar-refractivity contribution in [1.82, 2.24) is 4.90 Å². The zero-order valence-electron chi connectivity index (χ0n) is 15.2. The molecule has 1 atom stereocenters. The van der Waals surface area contributed by atoms with Crippen LogP contribution in [-0.2, 0) is 11.3 Å². The smallest absolute Gasteiger partial charge is 0.123 e. The Labute approximate surface area is 149 Å². The molecule has 5 heteroatoms. The van der Waals surface area contributed by atoms with Crippen molar-refractivity contribution in [3.8, 4) is 5.75 Å². The summed E-state index contributed by atoms with van der Waals surface area (Å²) in [6.45, 7) is 8.99. The molecule has 1 aromatic rings. The zero-order chi connectivity index (χ0) is 17.9. The van der Waals surface area contributed by atoms with Gasteiger partial charge in [-0.3, -0.25) is 0 Å². The number of rotatable bonds is 7. The van der Waals surface area contributed by atoms with Gasteiger partial charge in [-0.2, -0.15) is 0 Å². The Morgan fingerprint density at radius 2 is 2.20 bits per heavy atom. The van der Waals surface area contributed by atoms with Gasteiger partial charge in [-0.25, -0.2) is 0 Å². The lowest BCUT2D eigenvalue weighted by atomic mass is 9.76. The van der Waals surface area contributed by atoms with E-state index in [1.165, 1.54) is 0 Å². The molecule has 5 nitrogen and oxygen atoms in total. The molecule has 0 spiro atoms. The summed E-state index contributed by atoms with van der Waals surface area (Å²) in [7, 11) is 1.54. The van der Waals surface area contributed by atoms with Crippen molar-refractivity contribution in [3.05, 3.63) is 42.0 Å². The van der Waals surface area contributed by atoms with Crippen LogP contribution in [0.5, 0.6) is 5.75 Å². The average molecular weight is 344 g/mol. The van der Waals surface area contributed by atoms with Crippen molar-refractivity contribution < 1.29 is 14.7 Å². The van der Waals surface area contributed by atoms with Crippen molar-refractivity contribution in [3.63, 3.8) is 0 Å². The number of oxime groups is 1. The molecule has 1 aromatic carbocycles. The topological polar surface area (TPSA) is 54.3 Å². The van der Waals surface area contributed by atoms with E-state index >= 15 is 0 Å². The van der Waals surface area contributed by atoms with Crippen LogP contribution in [0.3, 0.4) is 0 Å². The van der Waals surface area contributed by atoms with Crippen LogP contribution >= 0.6 is 0 Å². The van der Waals surface area contributed by atoms with E-state index in [0.717, 1.165) is 48.5 Å². The Hall–Kier alpha value is -1.85. The molecule has 2 bridgehead atoms. The number of piperidine rings is 3. The van der Waals surface area contributed by atoms with Crippen molar-refractivity contribution in [2.24, 2.45) is 11.1 Å². The van der Waals surface area contributed by atoms with Crippen LogP contribution < -0.4 is 4.74 Å². The Morgan fingerprint density at radius 1 is 1.44 bits per heavy atom. The molecule has 3 aliphatic rings. The van der Waals surface area contributed by atoms with E-state index in [1.807, 2.05) is 25.1 Å². The average Bonchev–Trinajstić information content (AvgIpc) is 2.62. The molecule has 25 heavy (non-hydrogen) atoms. The van der Waals surface area contributed by atoms with Gasteiger partial charge in [0.25, 0.3) is 0 Å². The van der Waals surface area contributed by atoms with E-state index in [2.05, 4.69) is 22.7 Å². The van der Waals surface area contributed by atoms with Gasteiger partial charge >= 0.3 is 0 Å². The van der Waals surface area contributed by atoms with Crippen molar-refractivity contribution in [2.45, 2.75) is 31.8 Å². The molecule has 0 aromatic heterocycles. The number of benzene rings is 1. The maximum Gasteiger partial charge on any atom is 0.123 e. The summed E-state index contributed by atoms with van der Waals surface area (Å²) in [5.74, 6) is 1.15. The second-order valence-electron chi connectivity index (χ2n) is 7.12. The van der Waals surface area contributed by atoms with Crippen LogP contribution in [0.15, 0.2) is 36.0 Å². The largest absolute Gasteiger partial charge is 0.490 e. The molecule has 1 unspecified atom stereocenters. The molecular formula is C20H28N2O3. The van der Waals surface area contributed by atoms with E-state index < -0.39 is 5.60 Å². The highest BCUT2D eigenvalue weighted by molar-refractivity contribution is 5.98. The predicted octanol–water partition coefficient (Wildman–Crippen LogP) is 2.62. The minimum absolute atomic E-state index is 0.336. The maximum atomic E-state index is 11.0. The SMILES string of the molecule is C=CCc1cc(/C(C)=N/OC)ccc1OCC1(O)CN2CCC1CC2.